The number of fused-ring (bicyclic) bond motifs is 5. The van der Waals surface area contributed by atoms with E-state index in [0.717, 1.165) is 37.5 Å². The van der Waals surface area contributed by atoms with Gasteiger partial charge in [-0.2, -0.15) is 0 Å². The lowest BCUT2D eigenvalue weighted by molar-refractivity contribution is -0.166. The molecule has 0 aliphatic heterocycles. The average Bonchev–Trinajstić information content (AvgIpc) is 3.00. The topological polar surface area (TPSA) is 57.5 Å². The van der Waals surface area contributed by atoms with Crippen molar-refractivity contribution < 1.29 is 15.0 Å². The molecule has 3 heteroatoms. The lowest BCUT2D eigenvalue weighted by Gasteiger charge is -2.62. The molecule has 0 spiro atoms. The van der Waals surface area contributed by atoms with E-state index in [4.69, 9.17) is 11.5 Å². The Labute approximate surface area is 170 Å². The SMILES string of the molecule is C#CC1CCC2(C)C(CCC3C2C[C@H](O)C2(C)C(CCCC(=O)O)CCC32)C1. The molecule has 9 atom stereocenters. The normalized spacial score (nSPS) is 50.1. The van der Waals surface area contributed by atoms with E-state index in [1.54, 1.807) is 0 Å². The molecule has 3 nitrogen and oxygen atoms in total. The van der Waals surface area contributed by atoms with Crippen LogP contribution >= 0.6 is 0 Å². The zero-order chi connectivity index (χ0) is 20.1. The Morgan fingerprint density at radius 2 is 1.89 bits per heavy atom. The second-order valence-electron chi connectivity index (χ2n) is 11.0. The number of hydrogen-bond acceptors (Lipinski definition) is 2. The van der Waals surface area contributed by atoms with Crippen LogP contribution in [-0.4, -0.2) is 22.3 Å². The van der Waals surface area contributed by atoms with Gasteiger partial charge in [-0.1, -0.05) is 13.8 Å². The van der Waals surface area contributed by atoms with Gasteiger partial charge in [0.15, 0.2) is 0 Å². The van der Waals surface area contributed by atoms with Crippen LogP contribution in [0.4, 0.5) is 0 Å². The van der Waals surface area contributed by atoms with Gasteiger partial charge in [0.25, 0.3) is 0 Å². The molecular weight excluding hydrogens is 348 g/mol. The lowest BCUT2D eigenvalue weighted by atomic mass is 9.43. The van der Waals surface area contributed by atoms with Gasteiger partial charge in [0.2, 0.25) is 0 Å². The highest BCUT2D eigenvalue weighted by atomic mass is 16.4. The van der Waals surface area contributed by atoms with E-state index in [1.165, 1.54) is 38.5 Å². The summed E-state index contributed by atoms with van der Waals surface area (Å²) in [6.07, 6.45) is 17.0. The Balaban J connectivity index is 1.53. The third kappa shape index (κ3) is 3.02. The van der Waals surface area contributed by atoms with E-state index in [1.807, 2.05) is 0 Å². The summed E-state index contributed by atoms with van der Waals surface area (Å²) in [5.74, 6) is 5.97. The molecule has 2 N–H and O–H groups in total. The van der Waals surface area contributed by atoms with Gasteiger partial charge in [0.05, 0.1) is 6.10 Å². The Kier molecular flexibility index (Phi) is 5.32. The Morgan fingerprint density at radius 3 is 2.61 bits per heavy atom. The van der Waals surface area contributed by atoms with Crippen LogP contribution in [0, 0.1) is 58.7 Å². The van der Waals surface area contributed by atoms with Crippen molar-refractivity contribution in [3.8, 4) is 12.3 Å². The summed E-state index contributed by atoms with van der Waals surface area (Å²) >= 11 is 0. The molecule has 0 heterocycles. The van der Waals surface area contributed by atoms with Gasteiger partial charge in [0.1, 0.15) is 0 Å². The van der Waals surface area contributed by atoms with Gasteiger partial charge in [0, 0.05) is 12.3 Å². The van der Waals surface area contributed by atoms with Crippen molar-refractivity contribution in [3.05, 3.63) is 0 Å². The molecule has 28 heavy (non-hydrogen) atoms. The molecule has 4 fully saturated rings. The van der Waals surface area contributed by atoms with E-state index in [0.29, 0.717) is 29.1 Å². The zero-order valence-electron chi connectivity index (χ0n) is 17.7. The first-order valence-corrected chi connectivity index (χ1v) is 11.7. The maximum atomic E-state index is 11.4. The van der Waals surface area contributed by atoms with E-state index < -0.39 is 5.97 Å². The highest BCUT2D eigenvalue weighted by Crippen LogP contribution is 2.68. The maximum absolute atomic E-state index is 11.4. The van der Waals surface area contributed by atoms with E-state index in [-0.39, 0.29) is 17.9 Å². The third-order valence-corrected chi connectivity index (χ3v) is 10.1. The molecule has 156 valence electrons. The number of aliphatic hydroxyl groups excluding tert-OH is 1. The van der Waals surface area contributed by atoms with Crippen LogP contribution in [0.15, 0.2) is 0 Å². The van der Waals surface area contributed by atoms with E-state index in [9.17, 15) is 9.90 Å². The lowest BCUT2D eigenvalue weighted by Crippen LogP contribution is -2.58. The predicted octanol–water partition coefficient (Wildman–Crippen LogP) is 5.12. The van der Waals surface area contributed by atoms with Crippen molar-refractivity contribution in [2.75, 3.05) is 0 Å². The van der Waals surface area contributed by atoms with Gasteiger partial charge in [-0.3, -0.25) is 4.79 Å². The molecule has 0 amide bonds. The average molecular weight is 387 g/mol. The van der Waals surface area contributed by atoms with Gasteiger partial charge in [-0.05, 0) is 105 Å². The first-order valence-electron chi connectivity index (χ1n) is 11.7. The molecule has 0 aromatic carbocycles. The van der Waals surface area contributed by atoms with Gasteiger partial charge >= 0.3 is 5.97 Å². The maximum Gasteiger partial charge on any atom is 0.303 e. The highest BCUT2D eigenvalue weighted by Gasteiger charge is 2.62. The Morgan fingerprint density at radius 1 is 1.11 bits per heavy atom. The standard InChI is InChI=1S/C25H38O3/c1-4-16-12-13-24(2)18(14-16)8-10-19-20-11-9-17(6-5-7-23(27)28)25(20,3)22(26)15-21(19)24/h1,16-22,26H,5-15H2,2-3H3,(H,27,28)/t16?,17?,18?,19?,20?,21?,22-,24?,25?/m0/s1. The molecule has 0 saturated heterocycles. The van der Waals surface area contributed by atoms with Crippen molar-refractivity contribution in [1.82, 2.24) is 0 Å². The summed E-state index contributed by atoms with van der Waals surface area (Å²) in [5.41, 5.74) is 0.332. The monoisotopic (exact) mass is 386 g/mol. The van der Waals surface area contributed by atoms with Crippen molar-refractivity contribution in [2.45, 2.75) is 90.6 Å². The zero-order valence-corrected chi connectivity index (χ0v) is 17.7. The highest BCUT2D eigenvalue weighted by molar-refractivity contribution is 5.66. The molecule has 0 radical (unpaired) electrons. The quantitative estimate of drug-likeness (QED) is 0.659. The summed E-state index contributed by atoms with van der Waals surface area (Å²) in [7, 11) is 0. The van der Waals surface area contributed by atoms with Crippen LogP contribution in [0.2, 0.25) is 0 Å². The summed E-state index contributed by atoms with van der Waals surface area (Å²) in [6, 6.07) is 0. The van der Waals surface area contributed by atoms with Gasteiger partial charge in [-0.15, -0.1) is 12.3 Å². The molecule has 4 rings (SSSR count). The fourth-order valence-electron chi connectivity index (χ4n) is 8.47. The molecule has 0 bridgehead atoms. The molecular formula is C25H38O3. The number of carbonyl (C=O) groups is 1. The number of carboxylic acids is 1. The predicted molar refractivity (Wildman–Crippen MR) is 110 cm³/mol. The first kappa shape index (κ1) is 20.3. The number of rotatable bonds is 4. The number of aliphatic hydroxyl groups is 1. The summed E-state index contributed by atoms with van der Waals surface area (Å²) in [5, 5.41) is 20.4. The fraction of sp³-hybridized carbons (Fsp3) is 0.880. The second-order valence-corrected chi connectivity index (χ2v) is 11.0. The van der Waals surface area contributed by atoms with E-state index >= 15 is 0 Å². The number of terminal acetylenes is 1. The van der Waals surface area contributed by atoms with Crippen molar-refractivity contribution in [3.63, 3.8) is 0 Å². The van der Waals surface area contributed by atoms with Crippen LogP contribution in [-0.2, 0) is 4.79 Å². The molecule has 0 aromatic heterocycles. The molecule has 0 aromatic rings. The molecule has 4 saturated carbocycles. The minimum absolute atomic E-state index is 0.0150. The molecule has 4 aliphatic carbocycles. The molecule has 8 unspecified atom stereocenters. The van der Waals surface area contributed by atoms with Gasteiger partial charge in [-0.25, -0.2) is 0 Å². The smallest absolute Gasteiger partial charge is 0.303 e. The van der Waals surface area contributed by atoms with Gasteiger partial charge < -0.3 is 10.2 Å². The minimum atomic E-state index is -0.697. The number of aliphatic carboxylic acids is 1. The molecule has 4 aliphatic rings. The van der Waals surface area contributed by atoms with Crippen LogP contribution in [0.3, 0.4) is 0 Å². The van der Waals surface area contributed by atoms with Crippen LogP contribution in [0.1, 0.15) is 84.5 Å². The van der Waals surface area contributed by atoms with Crippen LogP contribution in [0.5, 0.6) is 0 Å². The Bertz CT molecular complexity index is 651. The van der Waals surface area contributed by atoms with Crippen molar-refractivity contribution in [1.29, 1.82) is 0 Å². The van der Waals surface area contributed by atoms with Crippen LogP contribution < -0.4 is 0 Å². The van der Waals surface area contributed by atoms with Crippen LogP contribution in [0.25, 0.3) is 0 Å². The summed E-state index contributed by atoms with van der Waals surface area (Å²) in [6.45, 7) is 4.84. The third-order valence-electron chi connectivity index (χ3n) is 10.1. The van der Waals surface area contributed by atoms with E-state index in [2.05, 4.69) is 19.8 Å². The largest absolute Gasteiger partial charge is 0.481 e. The summed E-state index contributed by atoms with van der Waals surface area (Å²) in [4.78, 5) is 10.9. The minimum Gasteiger partial charge on any atom is -0.481 e. The second kappa shape index (κ2) is 7.35. The van der Waals surface area contributed by atoms with Crippen molar-refractivity contribution in [2.24, 2.45) is 46.3 Å². The summed E-state index contributed by atoms with van der Waals surface area (Å²) < 4.78 is 0. The van der Waals surface area contributed by atoms with Crippen molar-refractivity contribution >= 4 is 5.97 Å². The number of hydrogen-bond donors (Lipinski definition) is 2. The fourth-order valence-corrected chi connectivity index (χ4v) is 8.47. The Hall–Kier alpha value is -1.01. The first-order chi connectivity index (χ1) is 13.3. The number of carboxylic acid groups (broad SMARTS) is 1.